The molecule has 0 amide bonds. The lowest BCUT2D eigenvalue weighted by molar-refractivity contribution is 0.998. The van der Waals surface area contributed by atoms with Crippen LogP contribution in [0.25, 0.3) is 0 Å². The smallest absolute Gasteiger partial charge is 0.115 e. The molecule has 0 unspecified atom stereocenters. The van der Waals surface area contributed by atoms with Crippen LogP contribution in [-0.4, -0.2) is 9.97 Å². The predicted molar refractivity (Wildman–Crippen MR) is 48.3 cm³/mol. The van der Waals surface area contributed by atoms with E-state index in [0.717, 1.165) is 22.2 Å². The maximum Gasteiger partial charge on any atom is 0.115 e. The molecule has 0 aliphatic carbocycles. The number of hydrogen-bond acceptors (Lipinski definition) is 2. The molecule has 0 spiro atoms. The summed E-state index contributed by atoms with van der Waals surface area (Å²) in [6, 6.07) is 0. The van der Waals surface area contributed by atoms with Crippen LogP contribution in [0, 0.1) is 0 Å². The van der Waals surface area contributed by atoms with Crippen molar-refractivity contribution >= 4 is 15.9 Å². The van der Waals surface area contributed by atoms with E-state index >= 15 is 0 Å². The first-order valence-electron chi connectivity index (χ1n) is 3.29. The minimum absolute atomic E-state index is 0.809. The summed E-state index contributed by atoms with van der Waals surface area (Å²) in [6.45, 7) is 5.79. The first-order chi connectivity index (χ1) is 5.20. The van der Waals surface area contributed by atoms with Crippen LogP contribution in [-0.2, 0) is 6.42 Å². The molecular weight excluding hydrogens is 204 g/mol. The second kappa shape index (κ2) is 3.62. The van der Waals surface area contributed by atoms with Crippen LogP contribution in [0.3, 0.4) is 0 Å². The summed E-state index contributed by atoms with van der Waals surface area (Å²) in [5, 5.41) is 0. The summed E-state index contributed by atoms with van der Waals surface area (Å²) in [7, 11) is 0. The van der Waals surface area contributed by atoms with E-state index in [1.165, 1.54) is 0 Å². The fraction of sp³-hybridized carbons (Fsp3) is 0.250. The van der Waals surface area contributed by atoms with Gasteiger partial charge in [0, 0.05) is 12.6 Å². The second-order valence-electron chi connectivity index (χ2n) is 2.45. The summed E-state index contributed by atoms with van der Waals surface area (Å²) in [6.07, 6.45) is 4.09. The molecule has 0 aliphatic rings. The maximum absolute atomic E-state index is 4.10. The van der Waals surface area contributed by atoms with Crippen LogP contribution in [0.4, 0.5) is 0 Å². The van der Waals surface area contributed by atoms with E-state index in [2.05, 4.69) is 32.5 Å². The molecule has 0 saturated heterocycles. The van der Waals surface area contributed by atoms with E-state index in [1.54, 1.807) is 12.5 Å². The van der Waals surface area contributed by atoms with Crippen LogP contribution >= 0.6 is 15.9 Å². The normalized spacial score (nSPS) is 9.64. The van der Waals surface area contributed by atoms with Gasteiger partial charge in [-0.15, -0.1) is 0 Å². The van der Waals surface area contributed by atoms with E-state index < -0.39 is 0 Å². The molecule has 0 bridgehead atoms. The summed E-state index contributed by atoms with van der Waals surface area (Å²) in [5.74, 6) is 0. The first-order valence-corrected chi connectivity index (χ1v) is 4.08. The molecule has 1 rings (SSSR count). The van der Waals surface area contributed by atoms with E-state index in [9.17, 15) is 0 Å². The number of allylic oxidation sites excluding steroid dienone is 1. The maximum atomic E-state index is 4.10. The van der Waals surface area contributed by atoms with Crippen molar-refractivity contribution in [3.8, 4) is 0 Å². The average molecular weight is 213 g/mol. The van der Waals surface area contributed by atoms with Crippen LogP contribution in [0.1, 0.15) is 12.6 Å². The quantitative estimate of drug-likeness (QED) is 0.704. The molecule has 0 saturated carbocycles. The van der Waals surface area contributed by atoms with Gasteiger partial charge < -0.3 is 0 Å². The molecule has 0 aliphatic heterocycles. The number of aromatic nitrogens is 2. The summed E-state index contributed by atoms with van der Waals surface area (Å²) < 4.78 is 0.947. The van der Waals surface area contributed by atoms with Crippen LogP contribution < -0.4 is 0 Å². The molecule has 1 heterocycles. The van der Waals surface area contributed by atoms with Crippen molar-refractivity contribution in [2.45, 2.75) is 13.3 Å². The number of nitrogens with zero attached hydrogens (tertiary/aromatic N) is 2. The van der Waals surface area contributed by atoms with Gasteiger partial charge in [-0.1, -0.05) is 12.2 Å². The Bertz CT molecular complexity index is 271. The fourth-order valence-electron chi connectivity index (χ4n) is 0.754. The molecule has 0 N–H and O–H groups in total. The Morgan fingerprint density at radius 3 is 3.00 bits per heavy atom. The Morgan fingerprint density at radius 1 is 1.73 bits per heavy atom. The highest BCUT2D eigenvalue weighted by atomic mass is 79.9. The molecule has 3 heteroatoms. The Labute approximate surface area is 74.5 Å². The number of rotatable bonds is 2. The minimum Gasteiger partial charge on any atom is -0.244 e. The second-order valence-corrected chi connectivity index (χ2v) is 3.31. The van der Waals surface area contributed by atoms with Crippen LogP contribution in [0.15, 0.2) is 29.1 Å². The van der Waals surface area contributed by atoms with E-state index in [0.29, 0.717) is 0 Å². The third-order valence-electron chi connectivity index (χ3n) is 1.21. The molecule has 11 heavy (non-hydrogen) atoms. The highest BCUT2D eigenvalue weighted by molar-refractivity contribution is 9.10. The molecule has 58 valence electrons. The summed E-state index contributed by atoms with van der Waals surface area (Å²) in [4.78, 5) is 7.96. The predicted octanol–water partition coefficient (Wildman–Crippen LogP) is 2.36. The standard InChI is InChI=1S/C8H9BrN2/c1-6(2)3-8-7(9)4-10-5-11-8/h4-5H,1,3H2,2H3. The van der Waals surface area contributed by atoms with E-state index in [-0.39, 0.29) is 0 Å². The topological polar surface area (TPSA) is 25.8 Å². The van der Waals surface area contributed by atoms with Crippen molar-refractivity contribution in [1.82, 2.24) is 9.97 Å². The lowest BCUT2D eigenvalue weighted by Gasteiger charge is -2.00. The van der Waals surface area contributed by atoms with Gasteiger partial charge in [0.2, 0.25) is 0 Å². The largest absolute Gasteiger partial charge is 0.244 e. The summed E-state index contributed by atoms with van der Waals surface area (Å²) in [5.41, 5.74) is 2.09. The number of hydrogen-bond donors (Lipinski definition) is 0. The molecule has 2 nitrogen and oxygen atoms in total. The monoisotopic (exact) mass is 212 g/mol. The van der Waals surface area contributed by atoms with Crippen molar-refractivity contribution in [2.75, 3.05) is 0 Å². The fourth-order valence-corrected chi connectivity index (χ4v) is 1.11. The van der Waals surface area contributed by atoms with Crippen LogP contribution in [0.5, 0.6) is 0 Å². The van der Waals surface area contributed by atoms with Crippen molar-refractivity contribution in [2.24, 2.45) is 0 Å². The zero-order valence-corrected chi connectivity index (χ0v) is 7.93. The van der Waals surface area contributed by atoms with Gasteiger partial charge in [0.15, 0.2) is 0 Å². The summed E-state index contributed by atoms with van der Waals surface area (Å²) >= 11 is 3.36. The Hall–Kier alpha value is -0.700. The first kappa shape index (κ1) is 8.40. The van der Waals surface area contributed by atoms with Gasteiger partial charge in [-0.2, -0.15) is 0 Å². The van der Waals surface area contributed by atoms with Gasteiger partial charge in [-0.3, -0.25) is 0 Å². The molecule has 0 aromatic carbocycles. The zero-order valence-electron chi connectivity index (χ0n) is 6.34. The van der Waals surface area contributed by atoms with Crippen molar-refractivity contribution < 1.29 is 0 Å². The van der Waals surface area contributed by atoms with Crippen molar-refractivity contribution in [3.05, 3.63) is 34.8 Å². The average Bonchev–Trinajstić information content (AvgIpc) is 1.93. The highest BCUT2D eigenvalue weighted by Gasteiger charge is 1.99. The van der Waals surface area contributed by atoms with Gasteiger partial charge in [0.05, 0.1) is 10.2 Å². The number of halogens is 1. The Morgan fingerprint density at radius 2 is 2.45 bits per heavy atom. The molecule has 1 aromatic heterocycles. The molecule has 0 atom stereocenters. The Balaban J connectivity index is 2.86. The van der Waals surface area contributed by atoms with Gasteiger partial charge >= 0.3 is 0 Å². The van der Waals surface area contributed by atoms with Crippen LogP contribution in [0.2, 0.25) is 0 Å². The van der Waals surface area contributed by atoms with E-state index in [1.807, 2.05) is 6.92 Å². The van der Waals surface area contributed by atoms with Crippen molar-refractivity contribution in [3.63, 3.8) is 0 Å². The molecule has 1 aromatic rings. The Kier molecular flexibility index (Phi) is 2.76. The van der Waals surface area contributed by atoms with Gasteiger partial charge in [-0.05, 0) is 22.9 Å². The van der Waals surface area contributed by atoms with Gasteiger partial charge in [0.1, 0.15) is 6.33 Å². The molecule has 0 radical (unpaired) electrons. The molecule has 0 fully saturated rings. The molecular formula is C8H9BrN2. The zero-order chi connectivity index (χ0) is 8.27. The minimum atomic E-state index is 0.809. The van der Waals surface area contributed by atoms with Gasteiger partial charge in [0.25, 0.3) is 0 Å². The third-order valence-corrected chi connectivity index (χ3v) is 1.88. The van der Waals surface area contributed by atoms with E-state index in [4.69, 9.17) is 0 Å². The van der Waals surface area contributed by atoms with Gasteiger partial charge in [-0.25, -0.2) is 9.97 Å². The SMILES string of the molecule is C=C(C)Cc1ncncc1Br. The van der Waals surface area contributed by atoms with Crippen molar-refractivity contribution in [1.29, 1.82) is 0 Å². The highest BCUT2D eigenvalue weighted by Crippen LogP contribution is 2.14. The third kappa shape index (κ3) is 2.42. The lowest BCUT2D eigenvalue weighted by Crippen LogP contribution is -1.92. The lowest BCUT2D eigenvalue weighted by atomic mass is 10.2.